The first kappa shape index (κ1) is 14.7. The molecule has 0 heterocycles. The van der Waals surface area contributed by atoms with Crippen molar-refractivity contribution in [3.63, 3.8) is 0 Å². The molecule has 1 N–H and O–H groups in total. The van der Waals surface area contributed by atoms with Gasteiger partial charge < -0.3 is 5.11 Å². The number of hydrogen-bond donors (Lipinski definition) is 1. The Balaban J connectivity index is 2.35. The third-order valence-electron chi connectivity index (χ3n) is 2.98. The van der Waals surface area contributed by atoms with Crippen LogP contribution in [0.5, 0.6) is 0 Å². The molecule has 0 saturated carbocycles. The Morgan fingerprint density at radius 1 is 1.20 bits per heavy atom. The summed E-state index contributed by atoms with van der Waals surface area (Å²) in [6, 6.07) is 9.71. The highest BCUT2D eigenvalue weighted by Gasteiger charge is 2.22. The van der Waals surface area contributed by atoms with Crippen LogP contribution in [0.3, 0.4) is 0 Å². The minimum absolute atomic E-state index is 0.0376. The van der Waals surface area contributed by atoms with E-state index in [2.05, 4.69) is 15.9 Å². The molecule has 2 rings (SSSR count). The van der Waals surface area contributed by atoms with Crippen molar-refractivity contribution >= 4 is 21.9 Å². The standard InChI is InChI=1S/C15H11BrF2O2/c16-11-4-5-14(18)10(6-11)8-13(15(19)20)9-2-1-3-12(17)7-9/h1-7,13H,8H2,(H,19,20). The topological polar surface area (TPSA) is 37.3 Å². The molecule has 0 aromatic heterocycles. The van der Waals surface area contributed by atoms with Crippen molar-refractivity contribution in [2.24, 2.45) is 0 Å². The summed E-state index contributed by atoms with van der Waals surface area (Å²) in [7, 11) is 0. The van der Waals surface area contributed by atoms with Crippen molar-refractivity contribution < 1.29 is 18.7 Å². The van der Waals surface area contributed by atoms with Gasteiger partial charge in [0.05, 0.1) is 5.92 Å². The Bertz CT molecular complexity index is 644. The van der Waals surface area contributed by atoms with Crippen molar-refractivity contribution in [2.45, 2.75) is 12.3 Å². The molecule has 104 valence electrons. The van der Waals surface area contributed by atoms with Crippen LogP contribution in [0.1, 0.15) is 17.0 Å². The molecule has 20 heavy (non-hydrogen) atoms. The fraction of sp³-hybridized carbons (Fsp3) is 0.133. The molecular formula is C15H11BrF2O2. The lowest BCUT2D eigenvalue weighted by Crippen LogP contribution is -2.15. The zero-order valence-corrected chi connectivity index (χ0v) is 11.9. The fourth-order valence-corrected chi connectivity index (χ4v) is 2.40. The summed E-state index contributed by atoms with van der Waals surface area (Å²) in [5, 5.41) is 9.28. The lowest BCUT2D eigenvalue weighted by Gasteiger charge is -2.14. The summed E-state index contributed by atoms with van der Waals surface area (Å²) in [5.41, 5.74) is 0.591. The second kappa shape index (κ2) is 6.13. The maximum absolute atomic E-state index is 13.7. The highest BCUT2D eigenvalue weighted by Crippen LogP contribution is 2.25. The van der Waals surface area contributed by atoms with Crippen molar-refractivity contribution in [1.82, 2.24) is 0 Å². The summed E-state index contributed by atoms with van der Waals surface area (Å²) in [6.07, 6.45) is -0.0376. The van der Waals surface area contributed by atoms with Crippen molar-refractivity contribution in [3.8, 4) is 0 Å². The van der Waals surface area contributed by atoms with Crippen LogP contribution in [-0.2, 0) is 11.2 Å². The van der Waals surface area contributed by atoms with Gasteiger partial charge in [-0.05, 0) is 47.9 Å². The molecule has 2 nitrogen and oxygen atoms in total. The third-order valence-corrected chi connectivity index (χ3v) is 3.47. The zero-order valence-electron chi connectivity index (χ0n) is 10.3. The van der Waals surface area contributed by atoms with E-state index in [-0.39, 0.29) is 12.0 Å². The monoisotopic (exact) mass is 340 g/mol. The van der Waals surface area contributed by atoms with E-state index in [9.17, 15) is 18.7 Å². The smallest absolute Gasteiger partial charge is 0.311 e. The van der Waals surface area contributed by atoms with Crippen LogP contribution in [0.4, 0.5) is 8.78 Å². The first-order chi connectivity index (χ1) is 9.47. The van der Waals surface area contributed by atoms with Crippen LogP contribution in [0.25, 0.3) is 0 Å². The Morgan fingerprint density at radius 3 is 2.60 bits per heavy atom. The molecule has 2 aromatic rings. The van der Waals surface area contributed by atoms with Gasteiger partial charge in [0.2, 0.25) is 0 Å². The van der Waals surface area contributed by atoms with E-state index < -0.39 is 23.5 Å². The SMILES string of the molecule is O=C(O)C(Cc1cc(Br)ccc1F)c1cccc(F)c1. The molecule has 0 radical (unpaired) electrons. The average Bonchev–Trinajstić information content (AvgIpc) is 2.39. The quantitative estimate of drug-likeness (QED) is 0.908. The van der Waals surface area contributed by atoms with E-state index in [1.807, 2.05) is 0 Å². The van der Waals surface area contributed by atoms with Gasteiger partial charge in [0.15, 0.2) is 0 Å². The summed E-state index contributed by atoms with van der Waals surface area (Å²) < 4.78 is 27.6. The molecule has 5 heteroatoms. The molecule has 0 aliphatic heterocycles. The number of carboxylic acid groups (broad SMARTS) is 1. The van der Waals surface area contributed by atoms with Crippen LogP contribution < -0.4 is 0 Å². The van der Waals surface area contributed by atoms with E-state index >= 15 is 0 Å². The number of aliphatic carboxylic acids is 1. The van der Waals surface area contributed by atoms with E-state index in [1.54, 1.807) is 0 Å². The van der Waals surface area contributed by atoms with E-state index in [1.165, 1.54) is 36.4 Å². The maximum Gasteiger partial charge on any atom is 0.311 e. The normalized spacial score (nSPS) is 12.2. The molecule has 0 amide bonds. The number of carbonyl (C=O) groups is 1. The van der Waals surface area contributed by atoms with Crippen LogP contribution in [0.15, 0.2) is 46.9 Å². The third kappa shape index (κ3) is 3.42. The first-order valence-corrected chi connectivity index (χ1v) is 6.69. The molecule has 2 aromatic carbocycles. The van der Waals surface area contributed by atoms with Gasteiger partial charge in [-0.1, -0.05) is 28.1 Å². The molecule has 0 aliphatic rings. The highest BCUT2D eigenvalue weighted by molar-refractivity contribution is 9.10. The van der Waals surface area contributed by atoms with Crippen molar-refractivity contribution in [3.05, 3.63) is 69.7 Å². The van der Waals surface area contributed by atoms with Crippen LogP contribution >= 0.6 is 15.9 Å². The number of hydrogen-bond acceptors (Lipinski definition) is 1. The second-order valence-electron chi connectivity index (χ2n) is 4.39. The lowest BCUT2D eigenvalue weighted by atomic mass is 9.92. The van der Waals surface area contributed by atoms with Gasteiger partial charge in [0.1, 0.15) is 11.6 Å². The van der Waals surface area contributed by atoms with Crippen LogP contribution in [0, 0.1) is 11.6 Å². The van der Waals surface area contributed by atoms with Gasteiger partial charge in [-0.2, -0.15) is 0 Å². The first-order valence-electron chi connectivity index (χ1n) is 5.89. The summed E-state index contributed by atoms with van der Waals surface area (Å²) in [4.78, 5) is 11.4. The Labute approximate surface area is 123 Å². The van der Waals surface area contributed by atoms with Gasteiger partial charge >= 0.3 is 5.97 Å². The highest BCUT2D eigenvalue weighted by atomic mass is 79.9. The van der Waals surface area contributed by atoms with Gasteiger partial charge in [-0.3, -0.25) is 4.79 Å². The molecule has 1 unspecified atom stereocenters. The Hall–Kier alpha value is -1.75. The average molecular weight is 341 g/mol. The second-order valence-corrected chi connectivity index (χ2v) is 5.30. The van der Waals surface area contributed by atoms with E-state index in [0.29, 0.717) is 10.0 Å². The Kier molecular flexibility index (Phi) is 4.49. The Morgan fingerprint density at radius 2 is 1.95 bits per heavy atom. The predicted octanol–water partition coefficient (Wildman–Crippen LogP) is 4.14. The molecule has 0 spiro atoms. The lowest BCUT2D eigenvalue weighted by molar-refractivity contribution is -0.138. The minimum Gasteiger partial charge on any atom is -0.481 e. The van der Waals surface area contributed by atoms with E-state index in [0.717, 1.165) is 6.07 Å². The van der Waals surface area contributed by atoms with Gasteiger partial charge in [-0.15, -0.1) is 0 Å². The molecule has 1 atom stereocenters. The molecule has 0 fully saturated rings. The number of carboxylic acids is 1. The number of rotatable bonds is 4. The van der Waals surface area contributed by atoms with Crippen molar-refractivity contribution in [2.75, 3.05) is 0 Å². The summed E-state index contributed by atoms with van der Waals surface area (Å²) in [6.45, 7) is 0. The molecular weight excluding hydrogens is 330 g/mol. The number of halogens is 3. The predicted molar refractivity (Wildman–Crippen MR) is 74.6 cm³/mol. The van der Waals surface area contributed by atoms with Crippen LogP contribution in [-0.4, -0.2) is 11.1 Å². The maximum atomic E-state index is 13.7. The largest absolute Gasteiger partial charge is 0.481 e. The molecule has 0 bridgehead atoms. The van der Waals surface area contributed by atoms with Gasteiger partial charge in [-0.25, -0.2) is 8.78 Å². The summed E-state index contributed by atoms with van der Waals surface area (Å²) >= 11 is 3.22. The zero-order chi connectivity index (χ0) is 14.7. The van der Waals surface area contributed by atoms with Gasteiger partial charge in [0, 0.05) is 4.47 Å². The van der Waals surface area contributed by atoms with Gasteiger partial charge in [0.25, 0.3) is 0 Å². The van der Waals surface area contributed by atoms with Crippen molar-refractivity contribution in [1.29, 1.82) is 0 Å². The fourth-order valence-electron chi connectivity index (χ4n) is 1.99. The molecule has 0 aliphatic carbocycles. The summed E-state index contributed by atoms with van der Waals surface area (Å²) in [5.74, 6) is -3.09. The van der Waals surface area contributed by atoms with Crippen LogP contribution in [0.2, 0.25) is 0 Å². The molecule has 0 saturated heterocycles. The number of benzene rings is 2. The minimum atomic E-state index is -1.12. The van der Waals surface area contributed by atoms with E-state index in [4.69, 9.17) is 0 Å².